The molecule has 22 heavy (non-hydrogen) atoms. The number of aliphatic hydroxyl groups is 2. The Balaban J connectivity index is 3.66. The highest BCUT2D eigenvalue weighted by Gasteiger charge is 2.27. The highest BCUT2D eigenvalue weighted by atomic mass is 31.2. The minimum Gasteiger partial charge on any atom is -0.394 e. The van der Waals surface area contributed by atoms with E-state index in [1.54, 1.807) is 0 Å². The molecule has 0 heterocycles. The molecular weight excluding hydrogens is 307 g/mol. The summed E-state index contributed by atoms with van der Waals surface area (Å²) in [7, 11) is -4.64. The predicted molar refractivity (Wildman–Crippen MR) is 86.5 cm³/mol. The van der Waals surface area contributed by atoms with Crippen LogP contribution in [0.2, 0.25) is 0 Å². The fourth-order valence-corrected chi connectivity index (χ4v) is 3.04. The maximum atomic E-state index is 10.8. The van der Waals surface area contributed by atoms with E-state index in [2.05, 4.69) is 11.4 Å². The van der Waals surface area contributed by atoms with Crippen molar-refractivity contribution in [3.8, 4) is 0 Å². The average Bonchev–Trinajstić information content (AvgIpc) is 2.46. The van der Waals surface area contributed by atoms with Gasteiger partial charge in [0.25, 0.3) is 0 Å². The summed E-state index contributed by atoms with van der Waals surface area (Å²) in [4.78, 5) is 17.6. The van der Waals surface area contributed by atoms with Crippen molar-refractivity contribution in [2.75, 3.05) is 6.61 Å². The normalized spacial score (nSPS) is 15.0. The summed E-state index contributed by atoms with van der Waals surface area (Å²) in [5.74, 6) is 0. The number of hydrogen-bond donors (Lipinski definition) is 4. The second kappa shape index (κ2) is 13.5. The maximum absolute atomic E-state index is 10.8. The molecule has 0 bridgehead atoms. The molecule has 0 rings (SSSR count). The molecule has 0 aliphatic rings. The molecule has 2 atom stereocenters. The number of unbranched alkanes of at least 4 members (excludes halogenated alkanes) is 9. The van der Waals surface area contributed by atoms with Crippen molar-refractivity contribution in [3.05, 3.63) is 0 Å². The third-order valence-electron chi connectivity index (χ3n) is 3.73. The first-order valence-corrected chi connectivity index (χ1v) is 9.96. The van der Waals surface area contributed by atoms with Gasteiger partial charge in [-0.1, -0.05) is 71.1 Å². The minimum atomic E-state index is -4.64. The first kappa shape index (κ1) is 22.0. The van der Waals surface area contributed by atoms with E-state index in [4.69, 9.17) is 14.9 Å². The van der Waals surface area contributed by atoms with Crippen LogP contribution in [0.25, 0.3) is 0 Å². The number of hydrogen-bond acceptors (Lipinski definition) is 4. The van der Waals surface area contributed by atoms with Gasteiger partial charge in [-0.2, -0.15) is 0 Å². The van der Waals surface area contributed by atoms with Crippen LogP contribution in [-0.2, 0) is 9.09 Å². The number of phosphoric ester groups is 1. The van der Waals surface area contributed by atoms with Gasteiger partial charge in [-0.05, 0) is 6.42 Å². The highest BCUT2D eigenvalue weighted by molar-refractivity contribution is 7.46. The van der Waals surface area contributed by atoms with Crippen LogP contribution in [0.1, 0.15) is 77.6 Å². The molecule has 0 aliphatic carbocycles. The summed E-state index contributed by atoms with van der Waals surface area (Å²) >= 11 is 0. The molecule has 0 fully saturated rings. The molecule has 0 aromatic carbocycles. The minimum absolute atomic E-state index is 0.337. The summed E-state index contributed by atoms with van der Waals surface area (Å²) in [6.45, 7) is 1.64. The summed E-state index contributed by atoms with van der Waals surface area (Å²) in [5, 5.41) is 18.4. The van der Waals surface area contributed by atoms with Crippen LogP contribution < -0.4 is 0 Å². The molecule has 0 saturated carbocycles. The third kappa shape index (κ3) is 13.7. The lowest BCUT2D eigenvalue weighted by atomic mass is 10.0. The molecule has 0 aromatic heterocycles. The second-order valence-electron chi connectivity index (χ2n) is 5.86. The maximum Gasteiger partial charge on any atom is 0.469 e. The van der Waals surface area contributed by atoms with Gasteiger partial charge < -0.3 is 20.0 Å². The molecule has 2 unspecified atom stereocenters. The third-order valence-corrected chi connectivity index (χ3v) is 4.28. The molecule has 0 saturated heterocycles. The van der Waals surface area contributed by atoms with Crippen molar-refractivity contribution in [2.45, 2.75) is 89.8 Å². The lowest BCUT2D eigenvalue weighted by molar-refractivity contribution is -0.0179. The van der Waals surface area contributed by atoms with Crippen LogP contribution in [0.4, 0.5) is 0 Å². The molecular formula is C15H33O6P. The average molecular weight is 340 g/mol. The van der Waals surface area contributed by atoms with E-state index in [1.165, 1.54) is 44.9 Å². The molecule has 0 radical (unpaired) electrons. The largest absolute Gasteiger partial charge is 0.469 e. The van der Waals surface area contributed by atoms with Crippen molar-refractivity contribution in [2.24, 2.45) is 0 Å². The summed E-state index contributed by atoms with van der Waals surface area (Å²) in [5.41, 5.74) is 0. The van der Waals surface area contributed by atoms with Crippen LogP contribution in [0, 0.1) is 0 Å². The SMILES string of the molecule is CCCCCCCCCCCCC(OP(=O)(O)O)C(O)CO. The Labute approximate surface area is 134 Å². The van der Waals surface area contributed by atoms with E-state index < -0.39 is 26.6 Å². The quantitative estimate of drug-likeness (QED) is 0.269. The van der Waals surface area contributed by atoms with Crippen molar-refractivity contribution in [1.82, 2.24) is 0 Å². The molecule has 0 spiro atoms. The summed E-state index contributed by atoms with van der Waals surface area (Å²) in [6.07, 6.45) is 9.65. The van der Waals surface area contributed by atoms with Gasteiger partial charge in [-0.3, -0.25) is 4.52 Å². The lowest BCUT2D eigenvalue weighted by Crippen LogP contribution is -2.31. The van der Waals surface area contributed by atoms with Crippen LogP contribution in [0.3, 0.4) is 0 Å². The van der Waals surface area contributed by atoms with Gasteiger partial charge in [-0.15, -0.1) is 0 Å². The number of aliphatic hydroxyl groups excluding tert-OH is 2. The fraction of sp³-hybridized carbons (Fsp3) is 1.00. The van der Waals surface area contributed by atoms with Crippen molar-refractivity contribution in [1.29, 1.82) is 0 Å². The van der Waals surface area contributed by atoms with Crippen molar-refractivity contribution >= 4 is 7.82 Å². The van der Waals surface area contributed by atoms with Crippen LogP contribution in [0.5, 0.6) is 0 Å². The topological polar surface area (TPSA) is 107 Å². The van der Waals surface area contributed by atoms with Gasteiger partial charge in [0.1, 0.15) is 6.10 Å². The second-order valence-corrected chi connectivity index (χ2v) is 7.05. The molecule has 0 aliphatic heterocycles. The van der Waals surface area contributed by atoms with E-state index in [1.807, 2.05) is 0 Å². The van der Waals surface area contributed by atoms with E-state index in [0.717, 1.165) is 19.3 Å². The van der Waals surface area contributed by atoms with E-state index in [0.29, 0.717) is 6.42 Å². The Morgan fingerprint density at radius 3 is 1.77 bits per heavy atom. The van der Waals surface area contributed by atoms with Gasteiger partial charge in [-0.25, -0.2) is 4.57 Å². The molecule has 4 N–H and O–H groups in total. The van der Waals surface area contributed by atoms with Gasteiger partial charge in [0.2, 0.25) is 0 Å². The van der Waals surface area contributed by atoms with Crippen LogP contribution in [0.15, 0.2) is 0 Å². The lowest BCUT2D eigenvalue weighted by Gasteiger charge is -2.21. The Morgan fingerprint density at radius 2 is 1.36 bits per heavy atom. The molecule has 6 nitrogen and oxygen atoms in total. The predicted octanol–water partition coefficient (Wildman–Crippen LogP) is 3.13. The number of phosphoric acid groups is 1. The Bertz CT molecular complexity index is 294. The zero-order valence-corrected chi connectivity index (χ0v) is 14.6. The molecule has 7 heteroatoms. The van der Waals surface area contributed by atoms with E-state index in [9.17, 15) is 9.67 Å². The monoisotopic (exact) mass is 340 g/mol. The molecule has 0 aromatic rings. The van der Waals surface area contributed by atoms with Crippen molar-refractivity contribution < 1.29 is 29.1 Å². The smallest absolute Gasteiger partial charge is 0.394 e. The first-order valence-electron chi connectivity index (χ1n) is 8.43. The van der Waals surface area contributed by atoms with Crippen LogP contribution in [-0.4, -0.2) is 38.8 Å². The van der Waals surface area contributed by atoms with Gasteiger partial charge >= 0.3 is 7.82 Å². The first-order chi connectivity index (χ1) is 10.4. The van der Waals surface area contributed by atoms with Crippen molar-refractivity contribution in [3.63, 3.8) is 0 Å². The van der Waals surface area contributed by atoms with Crippen LogP contribution >= 0.6 is 7.82 Å². The van der Waals surface area contributed by atoms with Gasteiger partial charge in [0, 0.05) is 0 Å². The van der Waals surface area contributed by atoms with E-state index >= 15 is 0 Å². The zero-order valence-electron chi connectivity index (χ0n) is 13.7. The standard InChI is InChI=1S/C15H33O6P/c1-2-3-4-5-6-7-8-9-10-11-12-15(14(17)13-16)21-22(18,19)20/h14-17H,2-13H2,1H3,(H2,18,19,20). The molecule has 0 amide bonds. The highest BCUT2D eigenvalue weighted by Crippen LogP contribution is 2.39. The van der Waals surface area contributed by atoms with Gasteiger partial charge in [0.15, 0.2) is 0 Å². The summed E-state index contributed by atoms with van der Waals surface area (Å²) in [6, 6.07) is 0. The summed E-state index contributed by atoms with van der Waals surface area (Å²) < 4.78 is 15.4. The fourth-order valence-electron chi connectivity index (χ4n) is 2.44. The Kier molecular flexibility index (Phi) is 13.5. The Hall–Kier alpha value is 0.0300. The molecule has 134 valence electrons. The van der Waals surface area contributed by atoms with E-state index in [-0.39, 0.29) is 0 Å². The van der Waals surface area contributed by atoms with Gasteiger partial charge in [0.05, 0.1) is 12.7 Å². The Morgan fingerprint density at radius 1 is 0.909 bits per heavy atom. The number of rotatable bonds is 15. The zero-order chi connectivity index (χ0) is 16.8.